The van der Waals surface area contributed by atoms with Crippen LogP contribution in [-0.4, -0.2) is 27.3 Å². The quantitative estimate of drug-likeness (QED) is 0.285. The molecular weight excluding hydrogens is 252 g/mol. The van der Waals surface area contributed by atoms with Crippen molar-refractivity contribution in [2.24, 2.45) is 0 Å². The number of hydrogen-bond donors (Lipinski definition) is 1. The fourth-order valence-corrected chi connectivity index (χ4v) is 1.31. The van der Waals surface area contributed by atoms with Crippen LogP contribution in [0.5, 0.6) is 0 Å². The lowest BCUT2D eigenvalue weighted by molar-refractivity contribution is -0.386. The third-order valence-corrected chi connectivity index (χ3v) is 2.42. The molecule has 0 radical (unpaired) electrons. The van der Waals surface area contributed by atoms with Gasteiger partial charge in [0, 0.05) is 6.07 Å². The molecule has 0 aliphatic heterocycles. The van der Waals surface area contributed by atoms with Crippen molar-refractivity contribution in [3.8, 4) is 0 Å². The van der Waals surface area contributed by atoms with Crippen LogP contribution in [0, 0.1) is 10.1 Å². The maximum Gasteiger partial charge on any atom is 0.323 e. The number of carboxylic acids is 1. The molecule has 1 aromatic heterocycles. The third kappa shape index (κ3) is 2.23. The zero-order valence-electron chi connectivity index (χ0n) is 8.58. The van der Waals surface area contributed by atoms with E-state index in [9.17, 15) is 19.7 Å². The molecule has 0 spiro atoms. The lowest BCUT2D eigenvalue weighted by atomic mass is 9.87. The van der Waals surface area contributed by atoms with Crippen LogP contribution in [-0.2, 0) is 15.0 Å². The minimum atomic E-state index is -2.10. The van der Waals surface area contributed by atoms with Gasteiger partial charge in [0.15, 0.2) is 5.41 Å². The predicted molar refractivity (Wildman–Crippen MR) is 57.0 cm³/mol. The molecule has 0 amide bonds. The van der Waals surface area contributed by atoms with Crippen LogP contribution in [0.2, 0.25) is 5.15 Å². The Hall–Kier alpha value is -2.02. The molecule has 0 aromatic carbocycles. The first kappa shape index (κ1) is 13.0. The summed E-state index contributed by atoms with van der Waals surface area (Å²) in [5, 5.41) is 19.6. The van der Waals surface area contributed by atoms with Crippen molar-refractivity contribution < 1.29 is 19.6 Å². The molecule has 1 aromatic rings. The van der Waals surface area contributed by atoms with Gasteiger partial charge in [-0.1, -0.05) is 11.6 Å². The Balaban J connectivity index is 3.57. The van der Waals surface area contributed by atoms with Crippen LogP contribution in [0.25, 0.3) is 0 Å². The van der Waals surface area contributed by atoms with Crippen molar-refractivity contribution in [1.82, 2.24) is 4.98 Å². The Labute approximate surface area is 100 Å². The Kier molecular flexibility index (Phi) is 3.42. The van der Waals surface area contributed by atoms with Gasteiger partial charge in [-0.25, -0.2) is 4.98 Å². The molecule has 1 heterocycles. The molecule has 0 saturated heterocycles. The van der Waals surface area contributed by atoms with Crippen LogP contribution < -0.4 is 0 Å². The lowest BCUT2D eigenvalue weighted by Gasteiger charge is -2.16. The molecule has 8 heteroatoms. The van der Waals surface area contributed by atoms with Crippen molar-refractivity contribution in [2.45, 2.75) is 12.3 Å². The second kappa shape index (κ2) is 4.46. The molecule has 17 heavy (non-hydrogen) atoms. The number of carbonyl (C=O) groups excluding carboxylic acids is 1. The molecule has 0 saturated carbocycles. The number of halogens is 1. The number of nitro groups is 1. The first-order chi connectivity index (χ1) is 7.82. The summed E-state index contributed by atoms with van der Waals surface area (Å²) in [6.45, 7) is 1.02. The van der Waals surface area contributed by atoms with E-state index in [2.05, 4.69) is 4.98 Å². The van der Waals surface area contributed by atoms with Crippen molar-refractivity contribution in [1.29, 1.82) is 0 Å². The highest BCUT2D eigenvalue weighted by Crippen LogP contribution is 2.30. The summed E-state index contributed by atoms with van der Waals surface area (Å²) in [6.07, 6.45) is 0.0843. The molecule has 0 aliphatic carbocycles. The van der Waals surface area contributed by atoms with Crippen molar-refractivity contribution >= 4 is 29.5 Å². The van der Waals surface area contributed by atoms with Crippen molar-refractivity contribution in [2.75, 3.05) is 0 Å². The van der Waals surface area contributed by atoms with Gasteiger partial charge in [-0.15, -0.1) is 0 Å². The summed E-state index contributed by atoms with van der Waals surface area (Å²) in [6, 6.07) is 2.16. The maximum absolute atomic E-state index is 11.0. The number of pyridine rings is 1. The van der Waals surface area contributed by atoms with E-state index in [4.69, 9.17) is 16.7 Å². The zero-order valence-corrected chi connectivity index (χ0v) is 9.34. The fraction of sp³-hybridized carbons (Fsp3) is 0.222. The predicted octanol–water partition coefficient (Wildman–Crippen LogP) is 1.18. The minimum Gasteiger partial charge on any atom is -0.480 e. The number of rotatable bonds is 4. The van der Waals surface area contributed by atoms with Gasteiger partial charge in [-0.3, -0.25) is 14.9 Å². The summed E-state index contributed by atoms with van der Waals surface area (Å²) < 4.78 is 0. The Bertz CT molecular complexity index is 504. The van der Waals surface area contributed by atoms with Crippen LogP contribution >= 0.6 is 11.6 Å². The van der Waals surface area contributed by atoms with Gasteiger partial charge in [-0.05, 0) is 13.0 Å². The number of carboxylic acid groups (broad SMARTS) is 1. The third-order valence-electron chi connectivity index (χ3n) is 2.21. The Morgan fingerprint density at radius 3 is 2.65 bits per heavy atom. The highest BCUT2D eigenvalue weighted by molar-refractivity contribution is 6.29. The van der Waals surface area contributed by atoms with E-state index in [0.29, 0.717) is 0 Å². The van der Waals surface area contributed by atoms with Gasteiger partial charge in [0.05, 0.1) is 4.92 Å². The monoisotopic (exact) mass is 258 g/mol. The maximum atomic E-state index is 11.0. The van der Waals surface area contributed by atoms with Gasteiger partial charge in [0.1, 0.15) is 17.1 Å². The van der Waals surface area contributed by atoms with Gasteiger partial charge >= 0.3 is 5.97 Å². The summed E-state index contributed by atoms with van der Waals surface area (Å²) in [5.41, 5.74) is -3.16. The number of aromatic nitrogens is 1. The molecule has 90 valence electrons. The normalized spacial score (nSPS) is 13.8. The van der Waals surface area contributed by atoms with E-state index in [-0.39, 0.29) is 11.4 Å². The summed E-state index contributed by atoms with van der Waals surface area (Å²) in [7, 11) is 0. The first-order valence-corrected chi connectivity index (χ1v) is 4.72. The highest BCUT2D eigenvalue weighted by Gasteiger charge is 2.42. The topological polar surface area (TPSA) is 110 Å². The largest absolute Gasteiger partial charge is 0.480 e. The van der Waals surface area contributed by atoms with E-state index in [1.165, 1.54) is 0 Å². The molecule has 0 aliphatic rings. The van der Waals surface area contributed by atoms with Crippen molar-refractivity contribution in [3.05, 3.63) is 33.1 Å². The second-order valence-corrected chi connectivity index (χ2v) is 3.77. The number of nitrogens with zero attached hydrogens (tertiary/aromatic N) is 2. The lowest BCUT2D eigenvalue weighted by Crippen LogP contribution is -2.35. The molecule has 1 atom stereocenters. The average Bonchev–Trinajstić information content (AvgIpc) is 2.27. The number of hydrogen-bond acceptors (Lipinski definition) is 5. The Morgan fingerprint density at radius 2 is 2.24 bits per heavy atom. The van der Waals surface area contributed by atoms with Crippen LogP contribution in [0.3, 0.4) is 0 Å². The number of aliphatic carboxylic acids is 1. The minimum absolute atomic E-state index is 0.0843. The molecule has 7 nitrogen and oxygen atoms in total. The van der Waals surface area contributed by atoms with E-state index in [1.54, 1.807) is 0 Å². The van der Waals surface area contributed by atoms with E-state index < -0.39 is 27.7 Å². The van der Waals surface area contributed by atoms with Gasteiger partial charge in [-0.2, -0.15) is 0 Å². The first-order valence-electron chi connectivity index (χ1n) is 4.34. The van der Waals surface area contributed by atoms with E-state index in [1.807, 2.05) is 0 Å². The molecule has 0 bridgehead atoms. The second-order valence-electron chi connectivity index (χ2n) is 3.38. The zero-order chi connectivity index (χ0) is 13.2. The SMILES string of the molecule is CC(C=O)(C(=O)O)c1nc(Cl)ccc1[N+](=O)[O-]. The average molecular weight is 259 g/mol. The number of carbonyl (C=O) groups is 2. The van der Waals surface area contributed by atoms with Gasteiger partial charge < -0.3 is 9.90 Å². The highest BCUT2D eigenvalue weighted by atomic mass is 35.5. The fourth-order valence-electron chi connectivity index (χ4n) is 1.16. The van der Waals surface area contributed by atoms with Crippen LogP contribution in [0.4, 0.5) is 5.69 Å². The molecular formula is C9H7ClN2O5. The van der Waals surface area contributed by atoms with Gasteiger partial charge in [0.25, 0.3) is 5.69 Å². The Morgan fingerprint density at radius 1 is 1.65 bits per heavy atom. The molecule has 0 fully saturated rings. The standard InChI is InChI=1S/C9H7ClN2O5/c1-9(4-13,8(14)15)7-5(12(16)17)2-3-6(10)11-7/h2-4H,1H3,(H,14,15). The molecule has 1 unspecified atom stereocenters. The van der Waals surface area contributed by atoms with Gasteiger partial charge in [0.2, 0.25) is 0 Å². The summed E-state index contributed by atoms with van der Waals surface area (Å²) in [4.78, 5) is 35.4. The van der Waals surface area contributed by atoms with E-state index >= 15 is 0 Å². The smallest absolute Gasteiger partial charge is 0.323 e. The molecule has 1 N–H and O–H groups in total. The summed E-state index contributed by atoms with van der Waals surface area (Å²) >= 11 is 5.55. The molecule has 1 rings (SSSR count). The van der Waals surface area contributed by atoms with Crippen molar-refractivity contribution in [3.63, 3.8) is 0 Å². The van der Waals surface area contributed by atoms with Crippen LogP contribution in [0.15, 0.2) is 12.1 Å². The number of aldehydes is 1. The van der Waals surface area contributed by atoms with E-state index in [0.717, 1.165) is 19.1 Å². The van der Waals surface area contributed by atoms with Crippen LogP contribution in [0.1, 0.15) is 12.6 Å². The summed E-state index contributed by atoms with van der Waals surface area (Å²) in [5.74, 6) is -1.54.